The molecule has 0 aliphatic heterocycles. The Kier molecular flexibility index (Phi) is 4.43. The molecule has 4 aromatic rings. The highest BCUT2D eigenvalue weighted by Gasteiger charge is 2.19. The van der Waals surface area contributed by atoms with Gasteiger partial charge in [-0.25, -0.2) is 14.1 Å². The van der Waals surface area contributed by atoms with Gasteiger partial charge in [-0.2, -0.15) is 5.10 Å². The second kappa shape index (κ2) is 7.26. The largest absolute Gasteiger partial charge is 0.382 e. The van der Waals surface area contributed by atoms with Gasteiger partial charge in [0.2, 0.25) is 0 Å². The fourth-order valence-electron chi connectivity index (χ4n) is 4.01. The maximum Gasteiger partial charge on any atom is 0.184 e. The summed E-state index contributed by atoms with van der Waals surface area (Å²) in [4.78, 5) is 17.1. The third kappa shape index (κ3) is 3.18. The Hall–Kier alpha value is -3.74. The normalized spacial score (nSPS) is 12.8. The number of nitrogens with zero attached hydrogens (tertiary/aromatic N) is 3. The van der Waals surface area contributed by atoms with Crippen molar-refractivity contribution < 1.29 is 9.18 Å². The third-order valence-corrected chi connectivity index (χ3v) is 5.49. The predicted molar refractivity (Wildman–Crippen MR) is 114 cm³/mol. The van der Waals surface area contributed by atoms with Crippen LogP contribution in [0, 0.1) is 5.82 Å². The Balaban J connectivity index is 1.52. The summed E-state index contributed by atoms with van der Waals surface area (Å²) in [6.45, 7) is -0.0312. The molecule has 0 radical (unpaired) electrons. The van der Waals surface area contributed by atoms with Crippen LogP contribution in [0.1, 0.15) is 27.9 Å². The number of fused-ring (bicyclic) bond motifs is 2. The monoisotopic (exact) mass is 401 g/mol. The van der Waals surface area contributed by atoms with Crippen LogP contribution in [0.3, 0.4) is 0 Å². The summed E-state index contributed by atoms with van der Waals surface area (Å²) >= 11 is 0. The molecule has 1 aliphatic rings. The smallest absolute Gasteiger partial charge is 0.184 e. The first-order chi connectivity index (χ1) is 14.6. The number of rotatable bonds is 5. The number of pyridine rings is 1. The first-order valence-corrected chi connectivity index (χ1v) is 9.89. The predicted octanol–water partition coefficient (Wildman–Crippen LogP) is 4.27. The summed E-state index contributed by atoms with van der Waals surface area (Å²) in [7, 11) is 0. The van der Waals surface area contributed by atoms with Crippen molar-refractivity contribution in [3.8, 4) is 0 Å². The number of nitrogen functional groups attached to an aromatic ring is 1. The Morgan fingerprint density at radius 3 is 2.80 bits per heavy atom. The second-order valence-corrected chi connectivity index (χ2v) is 7.44. The molecular formula is C23H20FN5O. The molecule has 2 aromatic heterocycles. The van der Waals surface area contributed by atoms with Crippen LogP contribution in [0.15, 0.2) is 54.6 Å². The van der Waals surface area contributed by atoms with Crippen molar-refractivity contribution in [3.63, 3.8) is 0 Å². The molecule has 2 aromatic carbocycles. The highest BCUT2D eigenvalue weighted by atomic mass is 19.1. The molecule has 7 heteroatoms. The molecule has 30 heavy (non-hydrogen) atoms. The van der Waals surface area contributed by atoms with Crippen molar-refractivity contribution in [2.75, 3.05) is 11.1 Å². The van der Waals surface area contributed by atoms with E-state index in [2.05, 4.69) is 21.5 Å². The van der Waals surface area contributed by atoms with Gasteiger partial charge in [0.25, 0.3) is 0 Å². The molecule has 0 saturated heterocycles. The van der Waals surface area contributed by atoms with Crippen LogP contribution >= 0.6 is 0 Å². The lowest BCUT2D eigenvalue weighted by Crippen LogP contribution is -2.12. The summed E-state index contributed by atoms with van der Waals surface area (Å²) in [5, 5.41) is 7.74. The summed E-state index contributed by atoms with van der Waals surface area (Å²) in [6.07, 6.45) is 3.08. The number of aryl methyl sites for hydroxylation is 1. The lowest BCUT2D eigenvalue weighted by Gasteiger charge is -2.12. The number of carbonyl (C=O) groups is 1. The van der Waals surface area contributed by atoms with E-state index in [9.17, 15) is 9.18 Å². The average Bonchev–Trinajstić information content (AvgIpc) is 3.35. The Morgan fingerprint density at radius 2 is 1.97 bits per heavy atom. The first kappa shape index (κ1) is 18.3. The van der Waals surface area contributed by atoms with Crippen LogP contribution in [0.5, 0.6) is 0 Å². The van der Waals surface area contributed by atoms with E-state index in [4.69, 9.17) is 5.73 Å². The number of carbonyl (C=O) groups excluding carboxylic acids is 1. The van der Waals surface area contributed by atoms with Crippen molar-refractivity contribution in [2.24, 2.45) is 0 Å². The zero-order valence-corrected chi connectivity index (χ0v) is 16.2. The molecule has 0 saturated carbocycles. The fourth-order valence-corrected chi connectivity index (χ4v) is 4.01. The molecular weight excluding hydrogens is 381 g/mol. The number of aromatic nitrogens is 3. The van der Waals surface area contributed by atoms with E-state index >= 15 is 0 Å². The van der Waals surface area contributed by atoms with E-state index in [1.807, 2.05) is 18.2 Å². The van der Waals surface area contributed by atoms with Gasteiger partial charge in [-0.1, -0.05) is 42.5 Å². The Morgan fingerprint density at radius 1 is 1.13 bits per heavy atom. The molecule has 0 atom stereocenters. The van der Waals surface area contributed by atoms with Crippen molar-refractivity contribution >= 4 is 34.1 Å². The second-order valence-electron chi connectivity index (χ2n) is 7.44. The maximum atomic E-state index is 14.8. The van der Waals surface area contributed by atoms with Crippen molar-refractivity contribution in [2.45, 2.75) is 25.8 Å². The van der Waals surface area contributed by atoms with Crippen LogP contribution in [0.4, 0.5) is 21.7 Å². The lowest BCUT2D eigenvalue weighted by molar-refractivity contribution is 0.0969. The van der Waals surface area contributed by atoms with Gasteiger partial charge in [-0.15, -0.1) is 0 Å². The first-order valence-electron chi connectivity index (χ1n) is 9.89. The number of hydrogen-bond donors (Lipinski definition) is 2. The molecule has 3 N–H and O–H groups in total. The molecule has 1 aliphatic carbocycles. The number of nitrogens with two attached hydrogens (primary N) is 1. The van der Waals surface area contributed by atoms with Crippen molar-refractivity contribution in [1.29, 1.82) is 0 Å². The van der Waals surface area contributed by atoms with E-state index in [-0.39, 0.29) is 24.0 Å². The molecule has 150 valence electrons. The van der Waals surface area contributed by atoms with Gasteiger partial charge in [0, 0.05) is 11.3 Å². The minimum atomic E-state index is -0.515. The highest BCUT2D eigenvalue weighted by Crippen LogP contribution is 2.32. The highest BCUT2D eigenvalue weighted by molar-refractivity contribution is 5.97. The minimum absolute atomic E-state index is 0.0312. The van der Waals surface area contributed by atoms with Gasteiger partial charge in [0.05, 0.1) is 5.39 Å². The van der Waals surface area contributed by atoms with Crippen LogP contribution in [0.2, 0.25) is 0 Å². The molecule has 5 rings (SSSR count). The molecule has 2 heterocycles. The van der Waals surface area contributed by atoms with Crippen LogP contribution in [-0.2, 0) is 19.4 Å². The number of halogens is 1. The summed E-state index contributed by atoms with van der Waals surface area (Å²) < 4.78 is 16.2. The molecule has 6 nitrogen and oxygen atoms in total. The Labute approximate surface area is 172 Å². The molecule has 0 amide bonds. The summed E-state index contributed by atoms with van der Waals surface area (Å²) in [5.74, 6) is -0.402. The van der Waals surface area contributed by atoms with Gasteiger partial charge < -0.3 is 11.1 Å². The number of hydrogen-bond acceptors (Lipinski definition) is 5. The molecule has 0 bridgehead atoms. The third-order valence-electron chi connectivity index (χ3n) is 5.49. The van der Waals surface area contributed by atoms with Gasteiger partial charge >= 0.3 is 0 Å². The van der Waals surface area contributed by atoms with Gasteiger partial charge in [0.15, 0.2) is 28.9 Å². The van der Waals surface area contributed by atoms with Crippen molar-refractivity contribution in [1.82, 2.24) is 14.8 Å². The van der Waals surface area contributed by atoms with Crippen LogP contribution in [-0.4, -0.2) is 20.5 Å². The van der Waals surface area contributed by atoms with E-state index in [0.29, 0.717) is 16.6 Å². The summed E-state index contributed by atoms with van der Waals surface area (Å²) in [6, 6.07) is 16.3. The van der Waals surface area contributed by atoms with E-state index in [1.54, 1.807) is 24.3 Å². The number of benzene rings is 2. The standard InChI is InChI=1S/C23H20FN5O/c24-18-12-17-21(25)28-29(13-20(30)15-6-2-1-3-7-15)23(17)27-22(18)26-19-11-5-9-14-8-4-10-16(14)19/h1-3,5-7,9,11-12H,4,8,10,13H2,(H2,25,28)(H,26,27). The number of Topliss-reactive ketones (excluding diaryl/α,β-unsaturated/α-hetero) is 1. The van der Waals surface area contributed by atoms with E-state index < -0.39 is 5.82 Å². The SMILES string of the molecule is Nc1nn(CC(=O)c2ccccc2)c2nc(Nc3cccc4c3CCC4)c(F)cc12. The van der Waals surface area contributed by atoms with E-state index in [0.717, 1.165) is 24.9 Å². The van der Waals surface area contributed by atoms with Gasteiger partial charge in [0.1, 0.15) is 6.54 Å². The van der Waals surface area contributed by atoms with Gasteiger partial charge in [-0.3, -0.25) is 4.79 Å². The van der Waals surface area contributed by atoms with Crippen molar-refractivity contribution in [3.05, 3.63) is 77.1 Å². The van der Waals surface area contributed by atoms with Gasteiger partial charge in [-0.05, 0) is 42.5 Å². The molecule has 0 fully saturated rings. The number of anilines is 3. The number of nitrogens with one attached hydrogen (secondary N) is 1. The zero-order valence-electron chi connectivity index (χ0n) is 16.2. The van der Waals surface area contributed by atoms with Crippen LogP contribution in [0.25, 0.3) is 11.0 Å². The molecule has 0 unspecified atom stereocenters. The maximum absolute atomic E-state index is 14.8. The minimum Gasteiger partial charge on any atom is -0.382 e. The zero-order chi connectivity index (χ0) is 20.7. The number of ketones is 1. The fraction of sp³-hybridized carbons (Fsp3) is 0.174. The molecule has 0 spiro atoms. The topological polar surface area (TPSA) is 85.8 Å². The van der Waals surface area contributed by atoms with E-state index in [1.165, 1.54) is 21.9 Å². The quantitative estimate of drug-likeness (QED) is 0.488. The average molecular weight is 401 g/mol. The van der Waals surface area contributed by atoms with Crippen LogP contribution < -0.4 is 11.1 Å². The lowest BCUT2D eigenvalue weighted by atomic mass is 10.1. The Bertz CT molecular complexity index is 1270. The summed E-state index contributed by atoms with van der Waals surface area (Å²) in [5.41, 5.74) is 10.2.